The summed E-state index contributed by atoms with van der Waals surface area (Å²) in [6.07, 6.45) is 6.74. The average molecular weight is 288 g/mol. The Morgan fingerprint density at radius 3 is 2.67 bits per heavy atom. The van der Waals surface area contributed by atoms with Gasteiger partial charge in [0.2, 0.25) is 11.8 Å². The lowest BCUT2D eigenvalue weighted by molar-refractivity contribution is -0.120. The summed E-state index contributed by atoms with van der Waals surface area (Å²) in [5, 5.41) is 5.59. The van der Waals surface area contributed by atoms with Crippen molar-refractivity contribution >= 4 is 23.2 Å². The van der Waals surface area contributed by atoms with Gasteiger partial charge >= 0.3 is 0 Å². The molecule has 2 N–H and O–H groups in total. The predicted octanol–water partition coefficient (Wildman–Crippen LogP) is 2.95. The van der Waals surface area contributed by atoms with Crippen LogP contribution < -0.4 is 15.4 Å². The SMILES string of the molecule is COc1ccc(NC(=O)C2CC=CCC2)cc1NC(C)=O. The molecule has 0 aliphatic heterocycles. The first-order valence-corrected chi connectivity index (χ1v) is 7.01. The molecule has 1 aliphatic rings. The summed E-state index contributed by atoms with van der Waals surface area (Å²) in [6.45, 7) is 1.43. The van der Waals surface area contributed by atoms with E-state index in [9.17, 15) is 9.59 Å². The largest absolute Gasteiger partial charge is 0.495 e. The topological polar surface area (TPSA) is 67.4 Å². The standard InChI is InChI=1S/C16H20N2O3/c1-11(19)17-14-10-13(8-9-15(14)21-2)18-16(20)12-6-4-3-5-7-12/h3-4,8-10,12H,5-7H2,1-2H3,(H,17,19)(H,18,20). The molecule has 5 heteroatoms. The second-order valence-corrected chi connectivity index (χ2v) is 5.07. The Morgan fingerprint density at radius 1 is 1.24 bits per heavy atom. The first-order valence-electron chi connectivity index (χ1n) is 7.01. The number of methoxy groups -OCH3 is 1. The molecule has 5 nitrogen and oxygen atoms in total. The van der Waals surface area contributed by atoms with Crippen LogP contribution in [0.3, 0.4) is 0 Å². The number of carbonyl (C=O) groups excluding carboxylic acids is 2. The fourth-order valence-corrected chi connectivity index (χ4v) is 2.35. The van der Waals surface area contributed by atoms with Gasteiger partial charge in [0.05, 0.1) is 12.8 Å². The predicted molar refractivity (Wildman–Crippen MR) is 82.4 cm³/mol. The maximum atomic E-state index is 12.2. The number of nitrogens with one attached hydrogen (secondary N) is 2. The average Bonchev–Trinajstić information content (AvgIpc) is 2.48. The molecule has 2 rings (SSSR count). The van der Waals surface area contributed by atoms with Gasteiger partial charge < -0.3 is 15.4 Å². The monoisotopic (exact) mass is 288 g/mol. The number of hydrogen-bond acceptors (Lipinski definition) is 3. The number of allylic oxidation sites excluding steroid dienone is 2. The Morgan fingerprint density at radius 2 is 2.05 bits per heavy atom. The van der Waals surface area contributed by atoms with E-state index in [4.69, 9.17) is 4.74 Å². The van der Waals surface area contributed by atoms with Crippen LogP contribution in [-0.2, 0) is 9.59 Å². The Bertz CT molecular complexity index is 567. The van der Waals surface area contributed by atoms with E-state index in [1.807, 2.05) is 6.08 Å². The second kappa shape index (κ2) is 6.92. The van der Waals surface area contributed by atoms with Crippen molar-refractivity contribution in [2.75, 3.05) is 17.7 Å². The highest BCUT2D eigenvalue weighted by molar-refractivity contribution is 5.95. The fourth-order valence-electron chi connectivity index (χ4n) is 2.35. The molecule has 0 aromatic heterocycles. The Hall–Kier alpha value is -2.30. The maximum absolute atomic E-state index is 12.2. The highest BCUT2D eigenvalue weighted by Gasteiger charge is 2.19. The molecule has 0 spiro atoms. The van der Waals surface area contributed by atoms with Gasteiger partial charge in [-0.3, -0.25) is 9.59 Å². The highest BCUT2D eigenvalue weighted by atomic mass is 16.5. The number of hydrogen-bond donors (Lipinski definition) is 2. The van der Waals surface area contributed by atoms with Crippen LogP contribution >= 0.6 is 0 Å². The van der Waals surface area contributed by atoms with E-state index in [-0.39, 0.29) is 17.7 Å². The smallest absolute Gasteiger partial charge is 0.227 e. The van der Waals surface area contributed by atoms with Crippen molar-refractivity contribution in [3.63, 3.8) is 0 Å². The van der Waals surface area contributed by atoms with Gasteiger partial charge in [-0.05, 0) is 37.5 Å². The molecule has 0 fully saturated rings. The van der Waals surface area contributed by atoms with E-state index in [2.05, 4.69) is 16.7 Å². The molecule has 1 aromatic rings. The van der Waals surface area contributed by atoms with Crippen LogP contribution in [0.4, 0.5) is 11.4 Å². The molecule has 0 saturated carbocycles. The van der Waals surface area contributed by atoms with Gasteiger partial charge in [-0.1, -0.05) is 12.2 Å². The minimum Gasteiger partial charge on any atom is -0.495 e. The Balaban J connectivity index is 2.10. The molecule has 0 radical (unpaired) electrons. The van der Waals surface area contributed by atoms with Crippen LogP contribution in [0.5, 0.6) is 5.75 Å². The summed E-state index contributed by atoms with van der Waals surface area (Å²) >= 11 is 0. The molecular formula is C16H20N2O3. The van der Waals surface area contributed by atoms with Gasteiger partial charge in [0.15, 0.2) is 0 Å². The summed E-state index contributed by atoms with van der Waals surface area (Å²) in [7, 11) is 1.53. The van der Waals surface area contributed by atoms with Gasteiger partial charge in [-0.2, -0.15) is 0 Å². The molecule has 0 bridgehead atoms. The highest BCUT2D eigenvalue weighted by Crippen LogP contribution is 2.28. The quantitative estimate of drug-likeness (QED) is 0.837. The number of carbonyl (C=O) groups is 2. The zero-order valence-corrected chi connectivity index (χ0v) is 12.3. The van der Waals surface area contributed by atoms with Crippen molar-refractivity contribution in [2.45, 2.75) is 26.2 Å². The van der Waals surface area contributed by atoms with Crippen LogP contribution in [0.15, 0.2) is 30.4 Å². The minimum atomic E-state index is -0.186. The van der Waals surface area contributed by atoms with E-state index in [1.54, 1.807) is 18.2 Å². The first-order chi connectivity index (χ1) is 10.1. The lowest BCUT2D eigenvalue weighted by Gasteiger charge is -2.18. The van der Waals surface area contributed by atoms with Crippen molar-refractivity contribution in [1.29, 1.82) is 0 Å². The van der Waals surface area contributed by atoms with Crippen LogP contribution in [0.1, 0.15) is 26.2 Å². The number of benzene rings is 1. The van der Waals surface area contributed by atoms with E-state index < -0.39 is 0 Å². The number of rotatable bonds is 4. The molecule has 112 valence electrons. The third kappa shape index (κ3) is 4.08. The lowest BCUT2D eigenvalue weighted by atomic mass is 9.93. The summed E-state index contributed by atoms with van der Waals surface area (Å²) < 4.78 is 5.19. The Labute approximate surface area is 124 Å². The van der Waals surface area contributed by atoms with Crippen molar-refractivity contribution in [3.8, 4) is 5.75 Å². The molecule has 0 heterocycles. The van der Waals surface area contributed by atoms with Crippen LogP contribution in [0.2, 0.25) is 0 Å². The third-order valence-corrected chi connectivity index (χ3v) is 3.42. The van der Waals surface area contributed by atoms with Crippen LogP contribution in [0, 0.1) is 5.92 Å². The Kier molecular flexibility index (Phi) is 4.98. The summed E-state index contributed by atoms with van der Waals surface area (Å²) in [5.74, 6) is 0.401. The zero-order chi connectivity index (χ0) is 15.2. The maximum Gasteiger partial charge on any atom is 0.227 e. The second-order valence-electron chi connectivity index (χ2n) is 5.07. The van der Waals surface area contributed by atoms with Crippen molar-refractivity contribution < 1.29 is 14.3 Å². The van der Waals surface area contributed by atoms with Crippen molar-refractivity contribution in [3.05, 3.63) is 30.4 Å². The molecule has 1 aromatic carbocycles. The lowest BCUT2D eigenvalue weighted by Crippen LogP contribution is -2.23. The van der Waals surface area contributed by atoms with Gasteiger partial charge in [0.1, 0.15) is 5.75 Å². The number of anilines is 2. The number of ether oxygens (including phenoxy) is 1. The summed E-state index contributed by atoms with van der Waals surface area (Å²) in [6, 6.07) is 5.19. The van der Waals surface area contributed by atoms with Gasteiger partial charge in [0.25, 0.3) is 0 Å². The third-order valence-electron chi connectivity index (χ3n) is 3.42. The van der Waals surface area contributed by atoms with E-state index in [1.165, 1.54) is 14.0 Å². The van der Waals surface area contributed by atoms with E-state index in [0.29, 0.717) is 17.1 Å². The van der Waals surface area contributed by atoms with Crippen molar-refractivity contribution in [2.24, 2.45) is 5.92 Å². The first kappa shape index (κ1) is 15.1. The zero-order valence-electron chi connectivity index (χ0n) is 12.3. The van der Waals surface area contributed by atoms with Crippen LogP contribution in [0.25, 0.3) is 0 Å². The van der Waals surface area contributed by atoms with E-state index in [0.717, 1.165) is 19.3 Å². The van der Waals surface area contributed by atoms with Gasteiger partial charge in [-0.25, -0.2) is 0 Å². The molecular weight excluding hydrogens is 268 g/mol. The fraction of sp³-hybridized carbons (Fsp3) is 0.375. The molecule has 0 saturated heterocycles. The molecule has 1 atom stereocenters. The molecule has 1 aliphatic carbocycles. The minimum absolute atomic E-state index is 0.0123. The van der Waals surface area contributed by atoms with Crippen molar-refractivity contribution in [1.82, 2.24) is 0 Å². The summed E-state index contributed by atoms with van der Waals surface area (Å²) in [4.78, 5) is 23.4. The summed E-state index contributed by atoms with van der Waals surface area (Å²) in [5.41, 5.74) is 1.20. The van der Waals surface area contributed by atoms with Gasteiger partial charge in [-0.15, -0.1) is 0 Å². The molecule has 21 heavy (non-hydrogen) atoms. The molecule has 1 unspecified atom stereocenters. The number of amides is 2. The van der Waals surface area contributed by atoms with Crippen LogP contribution in [-0.4, -0.2) is 18.9 Å². The normalized spacial score (nSPS) is 17.1. The van der Waals surface area contributed by atoms with E-state index >= 15 is 0 Å². The molecule has 2 amide bonds. The van der Waals surface area contributed by atoms with Gasteiger partial charge in [0, 0.05) is 18.5 Å².